The van der Waals surface area contributed by atoms with Crippen molar-refractivity contribution >= 4 is 0 Å². The molecule has 1 aromatic carbocycles. The molecule has 0 saturated carbocycles. The lowest BCUT2D eigenvalue weighted by atomic mass is 10.0. The van der Waals surface area contributed by atoms with E-state index in [1.54, 1.807) is 30.3 Å². The van der Waals surface area contributed by atoms with Gasteiger partial charge in [0.05, 0.1) is 13.2 Å². The molecule has 1 aliphatic heterocycles. The predicted molar refractivity (Wildman–Crippen MR) is 55.3 cm³/mol. The summed E-state index contributed by atoms with van der Waals surface area (Å²) in [6.45, 7) is 0.652. The minimum atomic E-state index is -4.20. The molecule has 0 spiro atoms. The maximum absolute atomic E-state index is 12.3. The van der Waals surface area contributed by atoms with Crippen LogP contribution >= 0.6 is 0 Å². The number of alkyl halides is 3. The summed E-state index contributed by atoms with van der Waals surface area (Å²) in [6.07, 6.45) is -5.32. The summed E-state index contributed by atoms with van der Waals surface area (Å²) < 4.78 is 47.7. The zero-order valence-corrected chi connectivity index (χ0v) is 9.17. The lowest BCUT2D eigenvalue weighted by Crippen LogP contribution is -2.29. The average molecular weight is 246 g/mol. The van der Waals surface area contributed by atoms with Gasteiger partial charge >= 0.3 is 6.18 Å². The summed E-state index contributed by atoms with van der Waals surface area (Å²) in [7, 11) is 0. The van der Waals surface area contributed by atoms with E-state index in [1.807, 2.05) is 0 Å². The van der Waals surface area contributed by atoms with Gasteiger partial charge in [0.1, 0.15) is 0 Å². The Hall–Kier alpha value is -1.07. The van der Waals surface area contributed by atoms with E-state index in [-0.39, 0.29) is 6.42 Å². The van der Waals surface area contributed by atoms with E-state index in [4.69, 9.17) is 9.47 Å². The monoisotopic (exact) mass is 246 g/mol. The summed E-state index contributed by atoms with van der Waals surface area (Å²) in [6, 6.07) is 8.77. The summed E-state index contributed by atoms with van der Waals surface area (Å²) in [5.74, 6) is -1.23. The van der Waals surface area contributed by atoms with Gasteiger partial charge < -0.3 is 9.47 Å². The fourth-order valence-corrected chi connectivity index (χ4v) is 1.91. The van der Waals surface area contributed by atoms with E-state index >= 15 is 0 Å². The molecular weight excluding hydrogens is 233 g/mol. The average Bonchev–Trinajstić information content (AvgIpc) is 2.77. The van der Waals surface area contributed by atoms with Crippen molar-refractivity contribution in [3.63, 3.8) is 0 Å². The molecule has 2 nitrogen and oxygen atoms in total. The molecule has 0 atom stereocenters. The summed E-state index contributed by atoms with van der Waals surface area (Å²) in [5, 5.41) is 0. The van der Waals surface area contributed by atoms with Crippen molar-refractivity contribution in [1.29, 1.82) is 0 Å². The van der Waals surface area contributed by atoms with Crippen LogP contribution in [-0.2, 0) is 15.3 Å². The van der Waals surface area contributed by atoms with E-state index in [0.29, 0.717) is 18.8 Å². The summed E-state index contributed by atoms with van der Waals surface area (Å²) in [4.78, 5) is 0. The standard InChI is InChI=1S/C12H13F3O2/c13-12(14,15)7-6-11(16-8-9-17-11)10-4-2-1-3-5-10/h1-5H,6-9H2. The number of halogens is 3. The van der Waals surface area contributed by atoms with Crippen molar-refractivity contribution in [3.05, 3.63) is 35.9 Å². The second-order valence-electron chi connectivity index (χ2n) is 3.93. The van der Waals surface area contributed by atoms with E-state index < -0.39 is 18.4 Å². The highest BCUT2D eigenvalue weighted by Crippen LogP contribution is 2.38. The quantitative estimate of drug-likeness (QED) is 0.815. The van der Waals surface area contributed by atoms with Crippen molar-refractivity contribution in [2.45, 2.75) is 24.8 Å². The first kappa shape index (κ1) is 12.4. The van der Waals surface area contributed by atoms with Crippen LogP contribution in [0, 0.1) is 0 Å². The van der Waals surface area contributed by atoms with Crippen molar-refractivity contribution < 1.29 is 22.6 Å². The van der Waals surface area contributed by atoms with Crippen LogP contribution in [0.15, 0.2) is 30.3 Å². The molecule has 1 aliphatic rings. The van der Waals surface area contributed by atoms with E-state index in [1.165, 1.54) is 0 Å². The maximum Gasteiger partial charge on any atom is 0.389 e. The van der Waals surface area contributed by atoms with Gasteiger partial charge in [-0.15, -0.1) is 0 Å². The van der Waals surface area contributed by atoms with Crippen LogP contribution in [0.4, 0.5) is 13.2 Å². The SMILES string of the molecule is FC(F)(F)CCC1(c2ccccc2)OCCO1. The van der Waals surface area contributed by atoms with Gasteiger partial charge in [0.15, 0.2) is 5.79 Å². The summed E-state index contributed by atoms with van der Waals surface area (Å²) >= 11 is 0. The first-order valence-corrected chi connectivity index (χ1v) is 5.42. The highest BCUT2D eigenvalue weighted by Gasteiger charge is 2.42. The highest BCUT2D eigenvalue weighted by atomic mass is 19.4. The molecule has 1 aromatic rings. The topological polar surface area (TPSA) is 18.5 Å². The van der Waals surface area contributed by atoms with Crippen molar-refractivity contribution in [1.82, 2.24) is 0 Å². The molecule has 1 fully saturated rings. The van der Waals surface area contributed by atoms with Crippen LogP contribution < -0.4 is 0 Å². The van der Waals surface area contributed by atoms with Crippen LogP contribution in [0.2, 0.25) is 0 Å². The molecule has 0 bridgehead atoms. The maximum atomic E-state index is 12.3. The van der Waals surface area contributed by atoms with E-state index in [9.17, 15) is 13.2 Å². The Morgan fingerprint density at radius 3 is 2.18 bits per heavy atom. The number of ether oxygens (including phenoxy) is 2. The number of hydrogen-bond acceptors (Lipinski definition) is 2. The van der Waals surface area contributed by atoms with Gasteiger partial charge in [0.25, 0.3) is 0 Å². The van der Waals surface area contributed by atoms with Gasteiger partial charge in [-0.05, 0) is 0 Å². The zero-order chi connectivity index (χ0) is 12.4. The van der Waals surface area contributed by atoms with Gasteiger partial charge in [0, 0.05) is 18.4 Å². The highest BCUT2D eigenvalue weighted by molar-refractivity contribution is 5.21. The molecule has 0 unspecified atom stereocenters. The number of benzene rings is 1. The van der Waals surface area contributed by atoms with Gasteiger partial charge in [-0.2, -0.15) is 13.2 Å². The largest absolute Gasteiger partial charge is 0.389 e. The van der Waals surface area contributed by atoms with Crippen molar-refractivity contribution in [2.75, 3.05) is 13.2 Å². The van der Waals surface area contributed by atoms with Crippen LogP contribution in [-0.4, -0.2) is 19.4 Å². The first-order valence-electron chi connectivity index (χ1n) is 5.42. The Balaban J connectivity index is 2.16. The van der Waals surface area contributed by atoms with Crippen molar-refractivity contribution in [2.24, 2.45) is 0 Å². The van der Waals surface area contributed by atoms with Crippen LogP contribution in [0.1, 0.15) is 18.4 Å². The Bertz CT molecular complexity index is 356. The molecule has 1 heterocycles. The van der Waals surface area contributed by atoms with E-state index in [2.05, 4.69) is 0 Å². The molecule has 0 N–H and O–H groups in total. The minimum Gasteiger partial charge on any atom is -0.343 e. The molecule has 0 radical (unpaired) electrons. The third-order valence-corrected chi connectivity index (χ3v) is 2.70. The lowest BCUT2D eigenvalue weighted by molar-refractivity contribution is -0.202. The predicted octanol–water partition coefficient (Wildman–Crippen LogP) is 3.23. The van der Waals surface area contributed by atoms with Crippen molar-refractivity contribution in [3.8, 4) is 0 Å². The van der Waals surface area contributed by atoms with Gasteiger partial charge in [0.2, 0.25) is 0 Å². The second kappa shape index (κ2) is 4.66. The molecule has 2 rings (SSSR count). The third-order valence-electron chi connectivity index (χ3n) is 2.70. The molecule has 0 aliphatic carbocycles. The fourth-order valence-electron chi connectivity index (χ4n) is 1.91. The Kier molecular flexibility index (Phi) is 3.40. The minimum absolute atomic E-state index is 0.208. The third kappa shape index (κ3) is 2.98. The smallest absolute Gasteiger partial charge is 0.343 e. The molecular formula is C12H13F3O2. The Morgan fingerprint density at radius 2 is 1.65 bits per heavy atom. The van der Waals surface area contributed by atoms with E-state index in [0.717, 1.165) is 0 Å². The normalized spacial score (nSPS) is 19.5. The number of hydrogen-bond donors (Lipinski definition) is 0. The van der Waals surface area contributed by atoms with Crippen LogP contribution in [0.25, 0.3) is 0 Å². The second-order valence-corrected chi connectivity index (χ2v) is 3.93. The summed E-state index contributed by atoms with van der Waals surface area (Å²) in [5.41, 5.74) is 0.641. The molecule has 1 saturated heterocycles. The zero-order valence-electron chi connectivity index (χ0n) is 9.17. The molecule has 5 heteroatoms. The first-order chi connectivity index (χ1) is 8.02. The molecule has 0 aromatic heterocycles. The lowest BCUT2D eigenvalue weighted by Gasteiger charge is -2.28. The number of rotatable bonds is 3. The Morgan fingerprint density at radius 1 is 1.06 bits per heavy atom. The fraction of sp³-hybridized carbons (Fsp3) is 0.500. The van der Waals surface area contributed by atoms with Gasteiger partial charge in [-0.1, -0.05) is 30.3 Å². The molecule has 94 valence electrons. The van der Waals surface area contributed by atoms with Crippen LogP contribution in [0.5, 0.6) is 0 Å². The Labute approximate surface area is 97.3 Å². The van der Waals surface area contributed by atoms with Gasteiger partial charge in [-0.25, -0.2) is 0 Å². The van der Waals surface area contributed by atoms with Crippen LogP contribution in [0.3, 0.4) is 0 Å². The van der Waals surface area contributed by atoms with Gasteiger partial charge in [-0.3, -0.25) is 0 Å². The molecule has 0 amide bonds. The molecule has 17 heavy (non-hydrogen) atoms.